The number of halogens is 3. The average Bonchev–Trinajstić information content (AvgIpc) is 2.44. The van der Waals surface area contributed by atoms with Crippen LogP contribution in [0.15, 0.2) is 36.4 Å². The number of rotatable bonds is 4. The van der Waals surface area contributed by atoms with Crippen LogP contribution in [-0.2, 0) is 19.3 Å². The lowest BCUT2D eigenvalue weighted by atomic mass is 10.1. The van der Waals surface area contributed by atoms with Gasteiger partial charge in [-0.1, -0.05) is 29.8 Å². The first-order chi connectivity index (χ1) is 9.88. The molecule has 112 valence electrons. The summed E-state index contributed by atoms with van der Waals surface area (Å²) < 4.78 is 38.3. The van der Waals surface area contributed by atoms with Crippen LogP contribution in [0.25, 0.3) is 0 Å². The standard InChI is InChI=1S/C15H16F3N3/c1-10-3-2-4-11(5-10)9-20-14-7-12(8-19)6-13(21-14)15(16,17)18/h2-7H,8-9,19H2,1H3,(H,20,21). The molecule has 0 aliphatic carbocycles. The van der Waals surface area contributed by atoms with Crippen molar-refractivity contribution in [2.24, 2.45) is 5.73 Å². The molecular weight excluding hydrogens is 279 g/mol. The second-order valence-corrected chi connectivity index (χ2v) is 4.79. The van der Waals surface area contributed by atoms with Crippen LogP contribution in [0.4, 0.5) is 19.0 Å². The summed E-state index contributed by atoms with van der Waals surface area (Å²) in [6.45, 7) is 2.39. The van der Waals surface area contributed by atoms with Gasteiger partial charge in [-0.05, 0) is 30.2 Å². The maximum absolute atomic E-state index is 12.8. The Balaban J connectivity index is 2.19. The summed E-state index contributed by atoms with van der Waals surface area (Å²) in [5.41, 5.74) is 6.96. The Kier molecular flexibility index (Phi) is 4.47. The third-order valence-electron chi connectivity index (χ3n) is 2.97. The SMILES string of the molecule is Cc1cccc(CNc2cc(CN)cc(C(F)(F)F)n2)c1. The van der Waals surface area contributed by atoms with E-state index in [4.69, 9.17) is 5.73 Å². The zero-order valence-electron chi connectivity index (χ0n) is 11.5. The molecule has 0 saturated heterocycles. The van der Waals surface area contributed by atoms with E-state index in [1.54, 1.807) is 0 Å². The van der Waals surface area contributed by atoms with Gasteiger partial charge in [0.05, 0.1) is 0 Å². The summed E-state index contributed by atoms with van der Waals surface area (Å²) in [5.74, 6) is 0.173. The predicted molar refractivity (Wildman–Crippen MR) is 75.6 cm³/mol. The zero-order valence-corrected chi connectivity index (χ0v) is 11.5. The summed E-state index contributed by atoms with van der Waals surface area (Å²) in [6, 6.07) is 10.2. The van der Waals surface area contributed by atoms with E-state index in [0.717, 1.165) is 17.2 Å². The van der Waals surface area contributed by atoms with Crippen LogP contribution in [0.2, 0.25) is 0 Å². The number of anilines is 1. The van der Waals surface area contributed by atoms with Gasteiger partial charge in [0.2, 0.25) is 0 Å². The number of nitrogens with one attached hydrogen (secondary N) is 1. The molecule has 21 heavy (non-hydrogen) atoms. The molecule has 0 spiro atoms. The van der Waals surface area contributed by atoms with Crippen LogP contribution in [0.3, 0.4) is 0 Å². The molecule has 0 fully saturated rings. The Labute approximate surface area is 121 Å². The Hall–Kier alpha value is -2.08. The van der Waals surface area contributed by atoms with Crippen molar-refractivity contribution in [3.63, 3.8) is 0 Å². The molecule has 2 aromatic rings. The first-order valence-electron chi connectivity index (χ1n) is 6.46. The fourth-order valence-electron chi connectivity index (χ4n) is 1.96. The molecule has 0 amide bonds. The van der Waals surface area contributed by atoms with E-state index in [-0.39, 0.29) is 12.4 Å². The second kappa shape index (κ2) is 6.13. The van der Waals surface area contributed by atoms with Gasteiger partial charge in [-0.2, -0.15) is 13.2 Å². The number of pyridine rings is 1. The third kappa shape index (κ3) is 4.19. The molecule has 0 aliphatic rings. The second-order valence-electron chi connectivity index (χ2n) is 4.79. The predicted octanol–water partition coefficient (Wildman–Crippen LogP) is 3.48. The summed E-state index contributed by atoms with van der Waals surface area (Å²) in [6.07, 6.45) is -4.48. The van der Waals surface area contributed by atoms with E-state index in [1.165, 1.54) is 6.07 Å². The molecule has 0 unspecified atom stereocenters. The van der Waals surface area contributed by atoms with Gasteiger partial charge in [0.25, 0.3) is 0 Å². The molecule has 1 heterocycles. The Morgan fingerprint density at radius 1 is 1.14 bits per heavy atom. The summed E-state index contributed by atoms with van der Waals surface area (Å²) >= 11 is 0. The van der Waals surface area contributed by atoms with Crippen molar-refractivity contribution in [3.05, 3.63) is 58.8 Å². The quantitative estimate of drug-likeness (QED) is 0.908. The molecule has 2 rings (SSSR count). The van der Waals surface area contributed by atoms with E-state index in [0.29, 0.717) is 12.1 Å². The van der Waals surface area contributed by atoms with Crippen LogP contribution in [0.1, 0.15) is 22.4 Å². The molecule has 3 N–H and O–H groups in total. The lowest BCUT2D eigenvalue weighted by molar-refractivity contribution is -0.141. The first kappa shape index (κ1) is 15.3. The van der Waals surface area contributed by atoms with Crippen molar-refractivity contribution >= 4 is 5.82 Å². The normalized spacial score (nSPS) is 11.5. The number of nitrogens with two attached hydrogens (primary N) is 1. The van der Waals surface area contributed by atoms with E-state index in [9.17, 15) is 13.2 Å². The van der Waals surface area contributed by atoms with Crippen LogP contribution in [-0.4, -0.2) is 4.98 Å². The average molecular weight is 295 g/mol. The highest BCUT2D eigenvalue weighted by atomic mass is 19.4. The number of benzene rings is 1. The molecule has 0 bridgehead atoms. The van der Waals surface area contributed by atoms with Crippen molar-refractivity contribution in [2.45, 2.75) is 26.2 Å². The fraction of sp³-hybridized carbons (Fsp3) is 0.267. The Morgan fingerprint density at radius 2 is 1.90 bits per heavy atom. The minimum Gasteiger partial charge on any atom is -0.366 e. The smallest absolute Gasteiger partial charge is 0.366 e. The maximum Gasteiger partial charge on any atom is 0.433 e. The molecule has 6 heteroatoms. The van der Waals surface area contributed by atoms with Crippen molar-refractivity contribution in [2.75, 3.05) is 5.32 Å². The summed E-state index contributed by atoms with van der Waals surface area (Å²) in [4.78, 5) is 3.60. The largest absolute Gasteiger partial charge is 0.433 e. The van der Waals surface area contributed by atoms with Gasteiger partial charge in [0.1, 0.15) is 11.5 Å². The summed E-state index contributed by atoms with van der Waals surface area (Å²) in [7, 11) is 0. The molecule has 1 aromatic heterocycles. The van der Waals surface area contributed by atoms with E-state index in [2.05, 4.69) is 10.3 Å². The van der Waals surface area contributed by atoms with E-state index in [1.807, 2.05) is 31.2 Å². The maximum atomic E-state index is 12.8. The number of aryl methyl sites for hydroxylation is 1. The highest BCUT2D eigenvalue weighted by molar-refractivity contribution is 5.41. The number of hydrogen-bond acceptors (Lipinski definition) is 3. The van der Waals surface area contributed by atoms with Gasteiger partial charge in [-0.3, -0.25) is 0 Å². The molecule has 0 aliphatic heterocycles. The van der Waals surface area contributed by atoms with Gasteiger partial charge in [0.15, 0.2) is 0 Å². The minimum atomic E-state index is -4.48. The lowest BCUT2D eigenvalue weighted by Gasteiger charge is -2.12. The number of alkyl halides is 3. The number of aromatic nitrogens is 1. The monoisotopic (exact) mass is 295 g/mol. The van der Waals surface area contributed by atoms with Gasteiger partial charge in [0, 0.05) is 13.1 Å². The molecule has 3 nitrogen and oxygen atoms in total. The topological polar surface area (TPSA) is 50.9 Å². The fourth-order valence-corrected chi connectivity index (χ4v) is 1.96. The number of nitrogens with zero attached hydrogens (tertiary/aromatic N) is 1. The molecule has 1 aromatic carbocycles. The van der Waals surface area contributed by atoms with E-state index < -0.39 is 11.9 Å². The molecule has 0 atom stereocenters. The lowest BCUT2D eigenvalue weighted by Crippen LogP contribution is -2.12. The van der Waals surface area contributed by atoms with Crippen LogP contribution >= 0.6 is 0 Å². The number of hydrogen-bond donors (Lipinski definition) is 2. The third-order valence-corrected chi connectivity index (χ3v) is 2.97. The highest BCUT2D eigenvalue weighted by Gasteiger charge is 2.33. The molecule has 0 saturated carbocycles. The Bertz CT molecular complexity index is 624. The van der Waals surface area contributed by atoms with Crippen LogP contribution in [0, 0.1) is 6.92 Å². The van der Waals surface area contributed by atoms with Gasteiger partial charge < -0.3 is 11.1 Å². The van der Waals surface area contributed by atoms with Crippen molar-refractivity contribution in [3.8, 4) is 0 Å². The Morgan fingerprint density at radius 3 is 2.52 bits per heavy atom. The van der Waals surface area contributed by atoms with Crippen molar-refractivity contribution < 1.29 is 13.2 Å². The van der Waals surface area contributed by atoms with Crippen molar-refractivity contribution in [1.82, 2.24) is 4.98 Å². The van der Waals surface area contributed by atoms with Crippen LogP contribution in [0.5, 0.6) is 0 Å². The summed E-state index contributed by atoms with van der Waals surface area (Å²) in [5, 5.41) is 2.91. The molecule has 0 radical (unpaired) electrons. The first-order valence-corrected chi connectivity index (χ1v) is 6.46. The minimum absolute atomic E-state index is 0.0325. The van der Waals surface area contributed by atoms with Gasteiger partial charge >= 0.3 is 6.18 Å². The van der Waals surface area contributed by atoms with Gasteiger partial charge in [-0.15, -0.1) is 0 Å². The van der Waals surface area contributed by atoms with E-state index >= 15 is 0 Å². The highest BCUT2D eigenvalue weighted by Crippen LogP contribution is 2.29. The van der Waals surface area contributed by atoms with Crippen LogP contribution < -0.4 is 11.1 Å². The zero-order chi connectivity index (χ0) is 15.5. The molecular formula is C15H16F3N3. The van der Waals surface area contributed by atoms with Gasteiger partial charge in [-0.25, -0.2) is 4.98 Å². The van der Waals surface area contributed by atoms with Crippen molar-refractivity contribution in [1.29, 1.82) is 0 Å².